The lowest BCUT2D eigenvalue weighted by atomic mass is 9.75. The predicted molar refractivity (Wildman–Crippen MR) is 87.3 cm³/mol. The van der Waals surface area contributed by atoms with Gasteiger partial charge >= 0.3 is 0 Å². The van der Waals surface area contributed by atoms with E-state index in [0.29, 0.717) is 22.2 Å². The van der Waals surface area contributed by atoms with E-state index in [9.17, 15) is 4.79 Å². The molecular formula is C17H21Cl2NO. The molecule has 114 valence electrons. The molecule has 0 aromatic heterocycles. The number of carbonyl (C=O) groups is 1. The summed E-state index contributed by atoms with van der Waals surface area (Å²) in [5, 5.41) is 1.03. The summed E-state index contributed by atoms with van der Waals surface area (Å²) in [5.41, 5.74) is 0.590. The van der Waals surface area contributed by atoms with Crippen LogP contribution in [0.15, 0.2) is 18.2 Å². The van der Waals surface area contributed by atoms with Gasteiger partial charge in [0.2, 0.25) is 0 Å². The van der Waals surface area contributed by atoms with Crippen molar-refractivity contribution in [3.63, 3.8) is 0 Å². The molecule has 0 bridgehead atoms. The Morgan fingerprint density at radius 1 is 1.14 bits per heavy atom. The van der Waals surface area contributed by atoms with Gasteiger partial charge in [-0.2, -0.15) is 0 Å². The second kappa shape index (κ2) is 6.68. The van der Waals surface area contributed by atoms with Crippen LogP contribution in [-0.4, -0.2) is 30.3 Å². The summed E-state index contributed by atoms with van der Waals surface area (Å²) in [6.07, 6.45) is 6.70. The number of hydrogen-bond acceptors (Lipinski definition) is 2. The number of piperidine rings is 1. The Hall–Kier alpha value is -0.570. The fraction of sp³-hybridized carbons (Fsp3) is 0.588. The molecule has 2 aliphatic rings. The maximum absolute atomic E-state index is 12.4. The first-order chi connectivity index (χ1) is 10.1. The fourth-order valence-electron chi connectivity index (χ4n) is 3.82. The largest absolute Gasteiger partial charge is 0.296 e. The zero-order chi connectivity index (χ0) is 14.8. The van der Waals surface area contributed by atoms with Gasteiger partial charge in [0, 0.05) is 17.1 Å². The molecule has 1 saturated heterocycles. The number of likely N-dealkylation sites (tertiary alicyclic amines) is 1. The van der Waals surface area contributed by atoms with Gasteiger partial charge in [-0.15, -0.1) is 0 Å². The molecule has 1 aliphatic carbocycles. The van der Waals surface area contributed by atoms with Crippen molar-refractivity contribution in [1.29, 1.82) is 0 Å². The zero-order valence-electron chi connectivity index (χ0n) is 12.2. The Kier molecular flexibility index (Phi) is 4.88. The summed E-state index contributed by atoms with van der Waals surface area (Å²) < 4.78 is 0. The zero-order valence-corrected chi connectivity index (χ0v) is 13.7. The Labute approximate surface area is 136 Å². The molecule has 1 aliphatic heterocycles. The van der Waals surface area contributed by atoms with Crippen molar-refractivity contribution in [2.75, 3.05) is 19.6 Å². The third kappa shape index (κ3) is 3.61. The van der Waals surface area contributed by atoms with Gasteiger partial charge in [0.05, 0.1) is 11.6 Å². The van der Waals surface area contributed by atoms with E-state index in [4.69, 9.17) is 23.2 Å². The van der Waals surface area contributed by atoms with Gasteiger partial charge in [0.15, 0.2) is 5.78 Å². The Balaban J connectivity index is 1.62. The molecule has 2 atom stereocenters. The molecule has 1 aromatic carbocycles. The first kappa shape index (κ1) is 15.3. The van der Waals surface area contributed by atoms with Crippen molar-refractivity contribution in [1.82, 2.24) is 4.90 Å². The van der Waals surface area contributed by atoms with Gasteiger partial charge in [0.1, 0.15) is 0 Å². The highest BCUT2D eigenvalue weighted by atomic mass is 35.5. The number of benzene rings is 1. The lowest BCUT2D eigenvalue weighted by Gasteiger charge is -2.41. The SMILES string of the molecule is O=C(CN1CCC2CCCCC2C1)c1ccc(Cl)cc1Cl. The highest BCUT2D eigenvalue weighted by Crippen LogP contribution is 2.36. The van der Waals surface area contributed by atoms with Crippen molar-refractivity contribution in [2.45, 2.75) is 32.1 Å². The minimum absolute atomic E-state index is 0.103. The summed E-state index contributed by atoms with van der Waals surface area (Å²) >= 11 is 12.0. The van der Waals surface area contributed by atoms with Crippen LogP contribution in [0.2, 0.25) is 10.0 Å². The number of nitrogens with zero attached hydrogens (tertiary/aromatic N) is 1. The van der Waals surface area contributed by atoms with Crippen molar-refractivity contribution >= 4 is 29.0 Å². The highest BCUT2D eigenvalue weighted by molar-refractivity contribution is 6.36. The van der Waals surface area contributed by atoms with Gasteiger partial charge < -0.3 is 0 Å². The minimum Gasteiger partial charge on any atom is -0.296 e. The standard InChI is InChI=1S/C17H21Cl2NO/c18-14-5-6-15(16(19)9-14)17(21)11-20-8-7-12-3-1-2-4-13(12)10-20/h5-6,9,12-13H,1-4,7-8,10-11H2. The minimum atomic E-state index is 0.103. The van der Waals surface area contributed by atoms with E-state index >= 15 is 0 Å². The molecule has 1 saturated carbocycles. The van der Waals surface area contributed by atoms with Gasteiger partial charge in [-0.05, 0) is 49.4 Å². The lowest BCUT2D eigenvalue weighted by molar-refractivity contribution is 0.0713. The van der Waals surface area contributed by atoms with Gasteiger partial charge in [-0.3, -0.25) is 9.69 Å². The molecule has 21 heavy (non-hydrogen) atoms. The fourth-order valence-corrected chi connectivity index (χ4v) is 4.34. The summed E-state index contributed by atoms with van der Waals surface area (Å²) in [5.74, 6) is 1.79. The molecule has 4 heteroatoms. The number of fused-ring (bicyclic) bond motifs is 1. The first-order valence-corrected chi connectivity index (χ1v) is 8.59. The third-order valence-electron chi connectivity index (χ3n) is 4.97. The van der Waals surface area contributed by atoms with Gasteiger partial charge in [0.25, 0.3) is 0 Å². The van der Waals surface area contributed by atoms with Crippen molar-refractivity contribution in [2.24, 2.45) is 11.8 Å². The molecule has 0 N–H and O–H groups in total. The number of ketones is 1. The monoisotopic (exact) mass is 325 g/mol. The molecule has 1 heterocycles. The maximum Gasteiger partial charge on any atom is 0.178 e. The maximum atomic E-state index is 12.4. The lowest BCUT2D eigenvalue weighted by Crippen LogP contribution is -2.43. The second-order valence-corrected chi connectivity index (χ2v) is 7.22. The van der Waals surface area contributed by atoms with Crippen LogP contribution < -0.4 is 0 Å². The first-order valence-electron chi connectivity index (χ1n) is 7.84. The smallest absolute Gasteiger partial charge is 0.178 e. The number of hydrogen-bond donors (Lipinski definition) is 0. The second-order valence-electron chi connectivity index (χ2n) is 6.38. The van der Waals surface area contributed by atoms with Crippen LogP contribution >= 0.6 is 23.2 Å². The summed E-state index contributed by atoms with van der Waals surface area (Å²) in [4.78, 5) is 14.7. The van der Waals surface area contributed by atoms with E-state index in [-0.39, 0.29) is 5.78 Å². The van der Waals surface area contributed by atoms with E-state index < -0.39 is 0 Å². The average molecular weight is 326 g/mol. The molecule has 2 unspecified atom stereocenters. The van der Waals surface area contributed by atoms with Crippen LogP contribution in [-0.2, 0) is 0 Å². The quantitative estimate of drug-likeness (QED) is 0.751. The average Bonchev–Trinajstić information content (AvgIpc) is 2.47. The Morgan fingerprint density at radius 2 is 1.90 bits per heavy atom. The van der Waals surface area contributed by atoms with Crippen molar-refractivity contribution < 1.29 is 4.79 Å². The summed E-state index contributed by atoms with van der Waals surface area (Å²) in [6, 6.07) is 5.11. The molecule has 2 nitrogen and oxygen atoms in total. The molecule has 0 radical (unpaired) electrons. The van der Waals surface area contributed by atoms with Crippen LogP contribution in [0.1, 0.15) is 42.5 Å². The number of Topliss-reactive ketones (excluding diaryl/α,β-unsaturated/α-hetero) is 1. The van der Waals surface area contributed by atoms with Crippen LogP contribution in [0.25, 0.3) is 0 Å². The molecule has 0 spiro atoms. The van der Waals surface area contributed by atoms with Crippen molar-refractivity contribution in [3.05, 3.63) is 33.8 Å². The summed E-state index contributed by atoms with van der Waals surface area (Å²) in [6.45, 7) is 2.59. The Morgan fingerprint density at radius 3 is 2.67 bits per heavy atom. The molecule has 1 aromatic rings. The summed E-state index contributed by atoms with van der Waals surface area (Å²) in [7, 11) is 0. The highest BCUT2D eigenvalue weighted by Gasteiger charge is 2.31. The van der Waals surface area contributed by atoms with E-state index in [1.54, 1.807) is 18.2 Å². The molecular weight excluding hydrogens is 305 g/mol. The van der Waals surface area contributed by atoms with E-state index in [0.717, 1.165) is 24.9 Å². The normalized spacial score (nSPS) is 26.4. The predicted octanol–water partition coefficient (Wildman–Crippen LogP) is 4.69. The van der Waals surface area contributed by atoms with Crippen LogP contribution in [0.3, 0.4) is 0 Å². The van der Waals surface area contributed by atoms with Crippen LogP contribution in [0.4, 0.5) is 0 Å². The topological polar surface area (TPSA) is 20.3 Å². The van der Waals surface area contributed by atoms with Crippen molar-refractivity contribution in [3.8, 4) is 0 Å². The van der Waals surface area contributed by atoms with E-state index in [1.807, 2.05) is 0 Å². The van der Waals surface area contributed by atoms with E-state index in [1.165, 1.54) is 32.1 Å². The molecule has 3 rings (SSSR count). The number of rotatable bonds is 3. The third-order valence-corrected chi connectivity index (χ3v) is 5.52. The number of halogens is 2. The van der Waals surface area contributed by atoms with Gasteiger partial charge in [-0.25, -0.2) is 0 Å². The Bertz CT molecular complexity index is 532. The van der Waals surface area contributed by atoms with Crippen LogP contribution in [0, 0.1) is 11.8 Å². The molecule has 2 fully saturated rings. The van der Waals surface area contributed by atoms with Gasteiger partial charge in [-0.1, -0.05) is 42.5 Å². The number of carbonyl (C=O) groups excluding carboxylic acids is 1. The molecule has 0 amide bonds. The van der Waals surface area contributed by atoms with Crippen LogP contribution in [0.5, 0.6) is 0 Å². The van der Waals surface area contributed by atoms with E-state index in [2.05, 4.69) is 4.90 Å².